The maximum Gasteiger partial charge on any atom is 0.434 e. The summed E-state index contributed by atoms with van der Waals surface area (Å²) in [6.07, 6.45) is -1.65. The van der Waals surface area contributed by atoms with Crippen LogP contribution in [-0.2, 0) is 0 Å². The number of nitrogens with zero attached hydrogens (tertiary/aromatic N) is 2. The number of hydrogen-bond acceptors (Lipinski definition) is 5. The average Bonchev–Trinajstić information content (AvgIpc) is 2.92. The number of hydrogen-bond donors (Lipinski definition) is 3. The van der Waals surface area contributed by atoms with Crippen molar-refractivity contribution in [2.75, 3.05) is 0 Å². The van der Waals surface area contributed by atoms with E-state index in [1.54, 1.807) is 13.0 Å². The van der Waals surface area contributed by atoms with Crippen LogP contribution in [0.1, 0.15) is 18.1 Å². The van der Waals surface area contributed by atoms with Crippen molar-refractivity contribution in [2.45, 2.75) is 13.1 Å². The van der Waals surface area contributed by atoms with Gasteiger partial charge in [-0.05, 0) is 25.1 Å². The van der Waals surface area contributed by atoms with Gasteiger partial charge >= 0.3 is 6.18 Å². The van der Waals surface area contributed by atoms with Gasteiger partial charge in [0.2, 0.25) is 0 Å². The second-order valence-corrected chi connectivity index (χ2v) is 5.13. The molecule has 1 aromatic rings. The normalized spacial score (nSPS) is 19.3. The molecule has 0 fully saturated rings. The molecule has 0 spiro atoms. The van der Waals surface area contributed by atoms with Gasteiger partial charge in [-0.25, -0.2) is 5.06 Å². The van der Waals surface area contributed by atoms with Crippen molar-refractivity contribution < 1.29 is 18.4 Å². The fraction of sp³-hybridized carbons (Fsp3) is 0.133. The second-order valence-electron chi connectivity index (χ2n) is 5.13. The summed E-state index contributed by atoms with van der Waals surface area (Å²) in [6, 6.07) is 4.19. The highest BCUT2D eigenvalue weighted by Crippen LogP contribution is 2.38. The van der Waals surface area contributed by atoms with Crippen molar-refractivity contribution in [2.24, 2.45) is 4.99 Å². The Morgan fingerprint density at radius 1 is 1.26 bits per heavy atom. The third-order valence-corrected chi connectivity index (χ3v) is 3.63. The molecule has 2 heterocycles. The van der Waals surface area contributed by atoms with E-state index in [0.29, 0.717) is 28.2 Å². The van der Waals surface area contributed by atoms with Gasteiger partial charge in [-0.1, -0.05) is 6.07 Å². The molecule has 1 aromatic carbocycles. The third-order valence-electron chi connectivity index (χ3n) is 3.63. The molecule has 2 aliphatic heterocycles. The summed E-state index contributed by atoms with van der Waals surface area (Å²) in [5, 5.41) is 25.4. The molecule has 5 nitrogen and oxygen atoms in total. The van der Waals surface area contributed by atoms with E-state index in [2.05, 4.69) is 4.99 Å². The van der Waals surface area contributed by atoms with Gasteiger partial charge in [-0.2, -0.15) is 13.2 Å². The maximum atomic E-state index is 12.6. The molecule has 2 aliphatic rings. The lowest BCUT2D eigenvalue weighted by molar-refractivity contribution is -0.0573. The predicted molar refractivity (Wildman–Crippen MR) is 79.5 cm³/mol. The van der Waals surface area contributed by atoms with Crippen LogP contribution in [0.4, 0.5) is 18.9 Å². The summed E-state index contributed by atoms with van der Waals surface area (Å²) in [4.78, 5) is 4.14. The Hall–Kier alpha value is -2.74. The van der Waals surface area contributed by atoms with Crippen molar-refractivity contribution >= 4 is 28.9 Å². The average molecular weight is 320 g/mol. The van der Waals surface area contributed by atoms with Crippen LogP contribution in [0.3, 0.4) is 0 Å². The van der Waals surface area contributed by atoms with Crippen LogP contribution >= 0.6 is 0 Å². The fourth-order valence-electron chi connectivity index (χ4n) is 2.35. The van der Waals surface area contributed by atoms with E-state index in [4.69, 9.17) is 10.8 Å². The van der Waals surface area contributed by atoms with Crippen molar-refractivity contribution in [1.82, 2.24) is 5.06 Å². The molecule has 0 saturated heterocycles. The zero-order valence-corrected chi connectivity index (χ0v) is 11.9. The molecule has 0 aliphatic carbocycles. The maximum absolute atomic E-state index is 12.6. The van der Waals surface area contributed by atoms with E-state index >= 15 is 0 Å². The Bertz CT molecular complexity index is 834. The highest BCUT2D eigenvalue weighted by Gasteiger charge is 2.37. The number of aliphatic imine (C=N–C) groups is 1. The highest BCUT2D eigenvalue weighted by atomic mass is 19.4. The van der Waals surface area contributed by atoms with Crippen LogP contribution in [0.15, 0.2) is 40.7 Å². The number of fused-ring (bicyclic) bond motifs is 1. The molecule has 118 valence electrons. The Labute approximate surface area is 129 Å². The second kappa shape index (κ2) is 4.88. The minimum atomic E-state index is -4.87. The summed E-state index contributed by atoms with van der Waals surface area (Å²) in [6.45, 7) is 1.70. The van der Waals surface area contributed by atoms with E-state index in [9.17, 15) is 18.4 Å². The first-order valence-corrected chi connectivity index (χ1v) is 6.55. The van der Waals surface area contributed by atoms with Crippen molar-refractivity contribution in [3.63, 3.8) is 0 Å². The number of benzene rings is 1. The van der Waals surface area contributed by atoms with Crippen molar-refractivity contribution in [1.29, 1.82) is 10.8 Å². The summed E-state index contributed by atoms with van der Waals surface area (Å²) >= 11 is 0. The Balaban J connectivity index is 2.02. The van der Waals surface area contributed by atoms with Gasteiger partial charge in [-0.15, -0.1) is 0 Å². The van der Waals surface area contributed by atoms with Gasteiger partial charge in [0.1, 0.15) is 0 Å². The quantitative estimate of drug-likeness (QED) is 0.726. The number of nitrogens with one attached hydrogen (secondary N) is 2. The number of rotatable bonds is 2. The molecule has 0 unspecified atom stereocenters. The molecular weight excluding hydrogens is 309 g/mol. The fourth-order valence-corrected chi connectivity index (χ4v) is 2.35. The van der Waals surface area contributed by atoms with E-state index in [0.717, 1.165) is 5.06 Å². The molecular formula is C15H11F3N4O. The molecule has 8 heteroatoms. The lowest BCUT2D eigenvalue weighted by Crippen LogP contribution is -2.30. The molecule has 0 aromatic heterocycles. The number of allylic oxidation sites excluding steroid dienone is 3. The van der Waals surface area contributed by atoms with Gasteiger partial charge in [0, 0.05) is 28.6 Å². The molecule has 0 amide bonds. The Kier molecular flexibility index (Phi) is 3.22. The van der Waals surface area contributed by atoms with E-state index in [-0.39, 0.29) is 5.56 Å². The monoisotopic (exact) mass is 320 g/mol. The number of halogens is 3. The smallest absolute Gasteiger partial charge is 0.298 e. The standard InChI is InChI=1S/C15H11F3N4O/c1-7-4-12(22(7)23)10-6-21-11-3-2-8(5-9(10)11)13(19)14(20)15(16,17)18/h2-6,19-20,23H,1H3. The van der Waals surface area contributed by atoms with Crippen LogP contribution in [0.5, 0.6) is 0 Å². The van der Waals surface area contributed by atoms with Gasteiger partial charge in [0.15, 0.2) is 5.71 Å². The lowest BCUT2D eigenvalue weighted by atomic mass is 9.96. The topological polar surface area (TPSA) is 83.5 Å². The molecule has 0 saturated carbocycles. The summed E-state index contributed by atoms with van der Waals surface area (Å²) in [5.41, 5.74) is 0.0950. The van der Waals surface area contributed by atoms with E-state index < -0.39 is 17.6 Å². The summed E-state index contributed by atoms with van der Waals surface area (Å²) in [7, 11) is 0. The molecule has 3 rings (SSSR count). The predicted octanol–water partition coefficient (Wildman–Crippen LogP) is 3.67. The zero-order valence-electron chi connectivity index (χ0n) is 11.9. The Morgan fingerprint density at radius 3 is 2.52 bits per heavy atom. The lowest BCUT2D eigenvalue weighted by Gasteiger charge is -2.29. The molecule has 0 atom stereocenters. The Morgan fingerprint density at radius 2 is 1.96 bits per heavy atom. The minimum absolute atomic E-state index is 0.0285. The van der Waals surface area contributed by atoms with Crippen LogP contribution in [0.2, 0.25) is 0 Å². The first-order chi connectivity index (χ1) is 10.7. The van der Waals surface area contributed by atoms with E-state index in [1.807, 2.05) is 0 Å². The SMILES string of the molecule is CC1=CC(=C2C=Nc3ccc(C(=N)C(=N)C(F)(F)F)cc32)N1O. The van der Waals surface area contributed by atoms with Crippen LogP contribution < -0.4 is 0 Å². The largest absolute Gasteiger partial charge is 0.434 e. The molecule has 0 bridgehead atoms. The molecule has 23 heavy (non-hydrogen) atoms. The van der Waals surface area contributed by atoms with Crippen molar-refractivity contribution in [3.05, 3.63) is 46.8 Å². The van der Waals surface area contributed by atoms with Gasteiger partial charge in [0.05, 0.1) is 17.1 Å². The van der Waals surface area contributed by atoms with Crippen LogP contribution in [0.25, 0.3) is 5.57 Å². The minimum Gasteiger partial charge on any atom is -0.298 e. The van der Waals surface area contributed by atoms with Crippen LogP contribution in [-0.4, -0.2) is 34.1 Å². The van der Waals surface area contributed by atoms with Crippen molar-refractivity contribution in [3.8, 4) is 0 Å². The third kappa shape index (κ3) is 2.36. The number of hydroxylamine groups is 2. The zero-order chi connectivity index (χ0) is 16.9. The summed E-state index contributed by atoms with van der Waals surface area (Å²) < 4.78 is 37.7. The molecule has 0 radical (unpaired) electrons. The van der Waals surface area contributed by atoms with Gasteiger partial charge < -0.3 is 0 Å². The highest BCUT2D eigenvalue weighted by molar-refractivity contribution is 6.48. The van der Waals surface area contributed by atoms with Gasteiger partial charge in [0.25, 0.3) is 0 Å². The van der Waals surface area contributed by atoms with Gasteiger partial charge in [-0.3, -0.25) is 21.0 Å². The molecule has 3 N–H and O–H groups in total. The van der Waals surface area contributed by atoms with E-state index in [1.165, 1.54) is 24.4 Å². The first kappa shape index (κ1) is 15.2. The number of alkyl halides is 3. The van der Waals surface area contributed by atoms with Crippen LogP contribution in [0, 0.1) is 10.8 Å². The first-order valence-electron chi connectivity index (χ1n) is 6.55. The summed E-state index contributed by atoms with van der Waals surface area (Å²) in [5.74, 6) is 0.